The lowest BCUT2D eigenvalue weighted by Gasteiger charge is -2.04. The number of thioether (sulfide) groups is 1. The van der Waals surface area contributed by atoms with Gasteiger partial charge in [-0.2, -0.15) is 11.8 Å². The van der Waals surface area contributed by atoms with Crippen LogP contribution in [0.2, 0.25) is 0 Å². The largest absolute Gasteiger partial charge is 0.351 e. The fourth-order valence-electron chi connectivity index (χ4n) is 1.66. The van der Waals surface area contributed by atoms with E-state index in [1.165, 1.54) is 0 Å². The Hall–Kier alpha value is -1.23. The van der Waals surface area contributed by atoms with Crippen LogP contribution < -0.4 is 10.9 Å². The Kier molecular flexibility index (Phi) is 3.89. The lowest BCUT2D eigenvalue weighted by Crippen LogP contribution is -2.31. The molecule has 0 radical (unpaired) electrons. The quantitative estimate of drug-likeness (QED) is 0.777. The van der Waals surface area contributed by atoms with Crippen molar-refractivity contribution in [3.05, 3.63) is 33.7 Å². The zero-order valence-corrected chi connectivity index (χ0v) is 10.6. The van der Waals surface area contributed by atoms with E-state index in [1.54, 1.807) is 17.8 Å². The summed E-state index contributed by atoms with van der Waals surface area (Å²) in [4.78, 5) is 26.2. The maximum Gasteiger partial charge on any atom is 0.261 e. The average molecular weight is 252 g/mol. The Morgan fingerprint density at radius 1 is 1.53 bits per heavy atom. The van der Waals surface area contributed by atoms with E-state index in [0.29, 0.717) is 12.5 Å². The smallest absolute Gasteiger partial charge is 0.261 e. The minimum atomic E-state index is -0.289. The highest BCUT2D eigenvalue weighted by Gasteiger charge is 2.25. The molecule has 0 bridgehead atoms. The molecule has 0 atom stereocenters. The van der Waals surface area contributed by atoms with Gasteiger partial charge in [-0.05, 0) is 37.1 Å². The number of hydrogen-bond acceptors (Lipinski definition) is 3. The van der Waals surface area contributed by atoms with Crippen molar-refractivity contribution in [2.24, 2.45) is 0 Å². The van der Waals surface area contributed by atoms with Crippen LogP contribution in [0.1, 0.15) is 34.8 Å². The topological polar surface area (TPSA) is 62.0 Å². The van der Waals surface area contributed by atoms with Crippen LogP contribution in [-0.2, 0) is 0 Å². The second-order valence-corrected chi connectivity index (χ2v) is 5.17. The predicted octanol–water partition coefficient (Wildman–Crippen LogP) is 1.35. The zero-order chi connectivity index (χ0) is 12.3. The summed E-state index contributed by atoms with van der Waals surface area (Å²) in [5, 5.41) is 2.73. The molecule has 1 aromatic heterocycles. The Balaban J connectivity index is 2.04. The molecule has 0 unspecified atom stereocenters. The van der Waals surface area contributed by atoms with Gasteiger partial charge in [-0.15, -0.1) is 0 Å². The molecule has 2 rings (SSSR count). The van der Waals surface area contributed by atoms with Gasteiger partial charge in [0.1, 0.15) is 5.56 Å². The van der Waals surface area contributed by atoms with Crippen LogP contribution in [0.15, 0.2) is 16.9 Å². The molecular formula is C12H16N2O2S. The van der Waals surface area contributed by atoms with E-state index >= 15 is 0 Å². The number of aromatic amines is 1. The van der Waals surface area contributed by atoms with Crippen LogP contribution in [0.3, 0.4) is 0 Å². The third-order valence-corrected chi connectivity index (χ3v) is 3.40. The summed E-state index contributed by atoms with van der Waals surface area (Å²) in [6, 6.07) is 3.48. The van der Waals surface area contributed by atoms with Gasteiger partial charge in [-0.3, -0.25) is 9.59 Å². The van der Waals surface area contributed by atoms with E-state index < -0.39 is 0 Å². The molecule has 0 saturated heterocycles. The molecule has 4 nitrogen and oxygen atoms in total. The lowest BCUT2D eigenvalue weighted by atomic mass is 10.2. The average Bonchev–Trinajstić information content (AvgIpc) is 3.13. The lowest BCUT2D eigenvalue weighted by molar-refractivity contribution is 0.0954. The van der Waals surface area contributed by atoms with Crippen molar-refractivity contribution in [2.45, 2.75) is 18.8 Å². The molecule has 1 aromatic rings. The number of amides is 1. The Bertz CT molecular complexity index is 466. The first-order valence-electron chi connectivity index (χ1n) is 5.72. The summed E-state index contributed by atoms with van der Waals surface area (Å²) >= 11 is 1.66. The first-order valence-corrected chi connectivity index (χ1v) is 7.12. The fourth-order valence-corrected chi connectivity index (χ4v) is 1.97. The van der Waals surface area contributed by atoms with E-state index in [9.17, 15) is 9.59 Å². The van der Waals surface area contributed by atoms with Crippen LogP contribution in [0.4, 0.5) is 0 Å². The monoisotopic (exact) mass is 252 g/mol. The number of carbonyl (C=O) groups excluding carboxylic acids is 1. The second kappa shape index (κ2) is 5.40. The van der Waals surface area contributed by atoms with Gasteiger partial charge in [0.05, 0.1) is 0 Å². The number of aromatic nitrogens is 1. The van der Waals surface area contributed by atoms with Crippen LogP contribution in [0.5, 0.6) is 0 Å². The summed E-state index contributed by atoms with van der Waals surface area (Å²) in [7, 11) is 0. The molecule has 92 valence electrons. The van der Waals surface area contributed by atoms with Crippen LogP contribution in [0, 0.1) is 0 Å². The van der Waals surface area contributed by atoms with Gasteiger partial charge in [-0.1, -0.05) is 0 Å². The Morgan fingerprint density at radius 2 is 2.29 bits per heavy atom. The summed E-state index contributed by atoms with van der Waals surface area (Å²) in [5.41, 5.74) is 0.877. The summed E-state index contributed by atoms with van der Waals surface area (Å²) in [6.45, 7) is 0.587. The van der Waals surface area contributed by atoms with Gasteiger partial charge < -0.3 is 10.3 Å². The van der Waals surface area contributed by atoms with Gasteiger partial charge in [0, 0.05) is 18.0 Å². The second-order valence-electron chi connectivity index (χ2n) is 4.18. The molecule has 5 heteroatoms. The van der Waals surface area contributed by atoms with E-state index in [4.69, 9.17) is 0 Å². The summed E-state index contributed by atoms with van der Waals surface area (Å²) < 4.78 is 0. The minimum Gasteiger partial charge on any atom is -0.351 e. The third-order valence-electron chi connectivity index (χ3n) is 2.79. The molecule has 1 saturated carbocycles. The highest BCUT2D eigenvalue weighted by atomic mass is 32.2. The minimum absolute atomic E-state index is 0.204. The molecule has 1 heterocycles. The molecule has 0 aromatic carbocycles. The van der Waals surface area contributed by atoms with Crippen LogP contribution in [0.25, 0.3) is 0 Å². The van der Waals surface area contributed by atoms with Gasteiger partial charge in [-0.25, -0.2) is 0 Å². The molecular weight excluding hydrogens is 236 g/mol. The maximum absolute atomic E-state index is 11.7. The van der Waals surface area contributed by atoms with Crippen molar-refractivity contribution in [3.63, 3.8) is 0 Å². The number of H-pyrrole nitrogens is 1. The van der Waals surface area contributed by atoms with Crippen molar-refractivity contribution >= 4 is 17.7 Å². The normalized spacial score (nSPS) is 14.6. The van der Waals surface area contributed by atoms with Crippen LogP contribution >= 0.6 is 11.8 Å². The Morgan fingerprint density at radius 3 is 2.88 bits per heavy atom. The van der Waals surface area contributed by atoms with Crippen molar-refractivity contribution in [3.8, 4) is 0 Å². The third kappa shape index (κ3) is 3.12. The van der Waals surface area contributed by atoms with E-state index in [-0.39, 0.29) is 17.0 Å². The van der Waals surface area contributed by atoms with E-state index in [1.807, 2.05) is 12.3 Å². The molecule has 2 N–H and O–H groups in total. The first-order chi connectivity index (χ1) is 8.22. The highest BCUT2D eigenvalue weighted by molar-refractivity contribution is 7.98. The molecule has 0 aliphatic heterocycles. The maximum atomic E-state index is 11.7. The van der Waals surface area contributed by atoms with Crippen molar-refractivity contribution in [1.82, 2.24) is 10.3 Å². The molecule has 1 amide bonds. The van der Waals surface area contributed by atoms with Crippen LogP contribution in [-0.4, -0.2) is 29.4 Å². The van der Waals surface area contributed by atoms with Crippen molar-refractivity contribution < 1.29 is 4.79 Å². The number of nitrogens with one attached hydrogen (secondary N) is 2. The molecule has 17 heavy (non-hydrogen) atoms. The first kappa shape index (κ1) is 12.2. The number of pyridine rings is 1. The van der Waals surface area contributed by atoms with Gasteiger partial charge in [0.2, 0.25) is 0 Å². The summed E-state index contributed by atoms with van der Waals surface area (Å²) in [6.07, 6.45) is 4.24. The van der Waals surface area contributed by atoms with Gasteiger partial charge in [0.25, 0.3) is 11.5 Å². The Labute approximate surface area is 104 Å². The SMILES string of the molecule is CSCCNC(=O)c1ccc(C2CC2)[nH]c1=O. The predicted molar refractivity (Wildman–Crippen MR) is 69.8 cm³/mol. The zero-order valence-electron chi connectivity index (χ0n) is 9.79. The van der Waals surface area contributed by atoms with Gasteiger partial charge >= 0.3 is 0 Å². The van der Waals surface area contributed by atoms with Crippen molar-refractivity contribution in [2.75, 3.05) is 18.6 Å². The standard InChI is InChI=1S/C12H16N2O2S/c1-17-7-6-13-11(15)9-4-5-10(8-2-3-8)14-12(9)16/h4-5,8H,2-3,6-7H2,1H3,(H,13,15)(H,14,16). The van der Waals surface area contributed by atoms with E-state index in [0.717, 1.165) is 24.3 Å². The summed E-state index contributed by atoms with van der Waals surface area (Å²) in [5.74, 6) is 1.06. The fraction of sp³-hybridized carbons (Fsp3) is 0.500. The number of rotatable bonds is 5. The molecule has 0 spiro atoms. The highest BCUT2D eigenvalue weighted by Crippen LogP contribution is 2.38. The molecule has 1 aliphatic rings. The number of hydrogen-bond donors (Lipinski definition) is 2. The molecule has 1 fully saturated rings. The number of carbonyl (C=O) groups is 1. The molecule has 1 aliphatic carbocycles. The van der Waals surface area contributed by atoms with Crippen molar-refractivity contribution in [1.29, 1.82) is 0 Å². The van der Waals surface area contributed by atoms with E-state index in [2.05, 4.69) is 10.3 Å². The van der Waals surface area contributed by atoms with Gasteiger partial charge in [0.15, 0.2) is 0 Å².